The Morgan fingerprint density at radius 1 is 1.22 bits per heavy atom. The maximum atomic E-state index is 12.8. The van der Waals surface area contributed by atoms with E-state index in [1.54, 1.807) is 30.3 Å². The first-order valence-electron chi connectivity index (χ1n) is 9.24. The lowest BCUT2D eigenvalue weighted by Gasteiger charge is -2.39. The van der Waals surface area contributed by atoms with Crippen LogP contribution < -0.4 is 21.5 Å². The summed E-state index contributed by atoms with van der Waals surface area (Å²) in [5.74, 6) is 0.517. The third-order valence-corrected chi connectivity index (χ3v) is 5.11. The number of ether oxygens (including phenoxy) is 2. The second-order valence-electron chi connectivity index (χ2n) is 7.03. The van der Waals surface area contributed by atoms with Crippen LogP contribution in [0.2, 0.25) is 0 Å². The van der Waals surface area contributed by atoms with E-state index in [9.17, 15) is 4.79 Å². The fraction of sp³-hybridized carbons (Fsp3) is 0.381. The lowest BCUT2D eigenvalue weighted by Crippen LogP contribution is -2.54. The van der Waals surface area contributed by atoms with Gasteiger partial charge in [0.25, 0.3) is 0 Å². The van der Waals surface area contributed by atoms with Crippen molar-refractivity contribution in [3.8, 4) is 5.75 Å². The normalized spacial score (nSPS) is 19.3. The first-order valence-corrected chi connectivity index (χ1v) is 9.24. The SMILES string of the molecule is CCC(C)(Oc1cccc(C(=O)c2ccc(N)c(N)c2)c1)C1CNCCO1. The van der Waals surface area contributed by atoms with Crippen molar-refractivity contribution in [3.63, 3.8) is 0 Å². The summed E-state index contributed by atoms with van der Waals surface area (Å²) < 4.78 is 12.2. The molecular weight excluding hydrogens is 342 g/mol. The second kappa shape index (κ2) is 7.98. The van der Waals surface area contributed by atoms with Gasteiger partial charge < -0.3 is 26.3 Å². The van der Waals surface area contributed by atoms with E-state index in [0.29, 0.717) is 34.9 Å². The Morgan fingerprint density at radius 3 is 2.67 bits per heavy atom. The quantitative estimate of drug-likeness (QED) is 0.535. The first kappa shape index (κ1) is 19.2. The molecule has 1 saturated heterocycles. The number of morpholine rings is 1. The van der Waals surface area contributed by atoms with Gasteiger partial charge in [0.15, 0.2) is 5.78 Å². The van der Waals surface area contributed by atoms with Gasteiger partial charge in [0.05, 0.1) is 18.0 Å². The van der Waals surface area contributed by atoms with Gasteiger partial charge in [-0.15, -0.1) is 0 Å². The molecule has 5 N–H and O–H groups in total. The minimum atomic E-state index is -0.485. The summed E-state index contributed by atoms with van der Waals surface area (Å²) in [7, 11) is 0. The Balaban J connectivity index is 1.82. The van der Waals surface area contributed by atoms with Gasteiger partial charge >= 0.3 is 0 Å². The third kappa shape index (κ3) is 4.23. The van der Waals surface area contributed by atoms with E-state index < -0.39 is 5.60 Å². The van der Waals surface area contributed by atoms with Crippen LogP contribution >= 0.6 is 0 Å². The average molecular weight is 369 g/mol. The maximum absolute atomic E-state index is 12.8. The van der Waals surface area contributed by atoms with E-state index in [2.05, 4.69) is 12.2 Å². The van der Waals surface area contributed by atoms with E-state index in [-0.39, 0.29) is 11.9 Å². The Labute approximate surface area is 159 Å². The Morgan fingerprint density at radius 2 is 2.00 bits per heavy atom. The van der Waals surface area contributed by atoms with Crippen LogP contribution in [0.3, 0.4) is 0 Å². The molecule has 144 valence electrons. The summed E-state index contributed by atoms with van der Waals surface area (Å²) in [5.41, 5.74) is 13.0. The van der Waals surface area contributed by atoms with Crippen LogP contribution in [0.1, 0.15) is 36.2 Å². The standard InChI is InChI=1S/C21H27N3O3/c1-3-21(2,19-13-24-9-10-26-19)27-16-6-4-5-14(11-16)20(25)15-7-8-17(22)18(23)12-15/h4-8,11-12,19,24H,3,9-10,13,22-23H2,1-2H3. The van der Waals surface area contributed by atoms with Crippen molar-refractivity contribution in [1.82, 2.24) is 5.32 Å². The Bertz CT molecular complexity index is 818. The molecule has 0 aliphatic carbocycles. The van der Waals surface area contributed by atoms with Crippen LogP contribution in [-0.2, 0) is 4.74 Å². The van der Waals surface area contributed by atoms with Gasteiger partial charge in [-0.3, -0.25) is 4.79 Å². The van der Waals surface area contributed by atoms with Crippen molar-refractivity contribution < 1.29 is 14.3 Å². The number of rotatable bonds is 6. The molecule has 2 unspecified atom stereocenters. The summed E-state index contributed by atoms with van der Waals surface area (Å²) in [4.78, 5) is 12.8. The van der Waals surface area contributed by atoms with Crippen molar-refractivity contribution in [3.05, 3.63) is 53.6 Å². The highest BCUT2D eigenvalue weighted by Crippen LogP contribution is 2.28. The topological polar surface area (TPSA) is 99.6 Å². The molecule has 0 saturated carbocycles. The lowest BCUT2D eigenvalue weighted by molar-refractivity contribution is -0.0963. The molecule has 6 heteroatoms. The zero-order chi connectivity index (χ0) is 19.4. The van der Waals surface area contributed by atoms with Crippen LogP contribution in [-0.4, -0.2) is 37.2 Å². The second-order valence-corrected chi connectivity index (χ2v) is 7.03. The summed E-state index contributed by atoms with van der Waals surface area (Å²) in [6, 6.07) is 12.1. The monoisotopic (exact) mass is 369 g/mol. The van der Waals surface area contributed by atoms with Crippen LogP contribution in [0, 0.1) is 0 Å². The van der Waals surface area contributed by atoms with Crippen molar-refractivity contribution in [1.29, 1.82) is 0 Å². The highest BCUT2D eigenvalue weighted by Gasteiger charge is 2.37. The Hall–Kier alpha value is -2.57. The molecule has 6 nitrogen and oxygen atoms in total. The minimum absolute atomic E-state index is 0.0486. The number of nitrogens with one attached hydrogen (secondary N) is 1. The summed E-state index contributed by atoms with van der Waals surface area (Å²) >= 11 is 0. The van der Waals surface area contributed by atoms with Gasteiger partial charge in [-0.1, -0.05) is 19.1 Å². The van der Waals surface area contributed by atoms with Crippen molar-refractivity contribution >= 4 is 17.2 Å². The zero-order valence-electron chi connectivity index (χ0n) is 15.8. The highest BCUT2D eigenvalue weighted by atomic mass is 16.6. The largest absolute Gasteiger partial charge is 0.485 e. The van der Waals surface area contributed by atoms with Crippen LogP contribution in [0.25, 0.3) is 0 Å². The molecule has 1 heterocycles. The van der Waals surface area contributed by atoms with Gasteiger partial charge in [0.2, 0.25) is 0 Å². The summed E-state index contributed by atoms with van der Waals surface area (Å²) in [6.07, 6.45) is 0.735. The first-order chi connectivity index (χ1) is 12.9. The van der Waals surface area contributed by atoms with Gasteiger partial charge in [0.1, 0.15) is 17.5 Å². The lowest BCUT2D eigenvalue weighted by atomic mass is 9.94. The van der Waals surface area contributed by atoms with Gasteiger partial charge in [-0.05, 0) is 43.7 Å². The number of nitrogens with two attached hydrogens (primary N) is 2. The number of carbonyl (C=O) groups excluding carboxylic acids is 1. The number of hydrogen-bond acceptors (Lipinski definition) is 6. The number of anilines is 2. The third-order valence-electron chi connectivity index (χ3n) is 5.11. The van der Waals surface area contributed by atoms with E-state index in [1.165, 1.54) is 0 Å². The maximum Gasteiger partial charge on any atom is 0.193 e. The number of hydrogen-bond donors (Lipinski definition) is 3. The molecular formula is C21H27N3O3. The molecule has 27 heavy (non-hydrogen) atoms. The molecule has 0 bridgehead atoms. The number of ketones is 1. The molecule has 0 aromatic heterocycles. The molecule has 0 radical (unpaired) electrons. The van der Waals surface area contributed by atoms with Gasteiger partial charge in [-0.25, -0.2) is 0 Å². The van der Waals surface area contributed by atoms with Crippen molar-refractivity contribution in [2.75, 3.05) is 31.2 Å². The molecule has 0 spiro atoms. The van der Waals surface area contributed by atoms with Crippen LogP contribution in [0.4, 0.5) is 11.4 Å². The van der Waals surface area contributed by atoms with E-state index in [0.717, 1.165) is 19.5 Å². The molecule has 1 aliphatic heterocycles. The molecule has 2 aromatic rings. The van der Waals surface area contributed by atoms with Gasteiger partial charge in [0, 0.05) is 24.2 Å². The predicted octanol–water partition coefficient (Wildman–Crippen LogP) is 2.62. The van der Waals surface area contributed by atoms with E-state index in [4.69, 9.17) is 20.9 Å². The molecule has 1 aliphatic rings. The fourth-order valence-electron chi connectivity index (χ4n) is 3.18. The van der Waals surface area contributed by atoms with Crippen molar-refractivity contribution in [2.45, 2.75) is 32.0 Å². The highest BCUT2D eigenvalue weighted by molar-refractivity contribution is 6.10. The molecule has 1 fully saturated rings. The molecule has 2 atom stereocenters. The average Bonchev–Trinajstić information content (AvgIpc) is 2.70. The minimum Gasteiger partial charge on any atom is -0.485 e. The van der Waals surface area contributed by atoms with Crippen LogP contribution in [0.5, 0.6) is 5.75 Å². The predicted molar refractivity (Wildman–Crippen MR) is 107 cm³/mol. The fourth-order valence-corrected chi connectivity index (χ4v) is 3.18. The van der Waals surface area contributed by atoms with E-state index in [1.807, 2.05) is 19.1 Å². The molecule has 2 aromatic carbocycles. The Kier molecular flexibility index (Phi) is 5.68. The smallest absolute Gasteiger partial charge is 0.193 e. The molecule has 3 rings (SSSR count). The summed E-state index contributed by atoms with van der Waals surface area (Å²) in [5, 5.41) is 3.34. The van der Waals surface area contributed by atoms with Crippen molar-refractivity contribution in [2.24, 2.45) is 0 Å². The van der Waals surface area contributed by atoms with Gasteiger partial charge in [-0.2, -0.15) is 0 Å². The number of benzene rings is 2. The zero-order valence-corrected chi connectivity index (χ0v) is 15.8. The number of carbonyl (C=O) groups is 1. The van der Waals surface area contributed by atoms with Crippen LogP contribution in [0.15, 0.2) is 42.5 Å². The molecule has 0 amide bonds. The number of nitrogen functional groups attached to an aromatic ring is 2. The van der Waals surface area contributed by atoms with E-state index >= 15 is 0 Å². The summed E-state index contributed by atoms with van der Waals surface area (Å²) in [6.45, 7) is 6.38.